The van der Waals surface area contributed by atoms with E-state index >= 15 is 0 Å². The molecule has 2 amide bonds. The maximum atomic E-state index is 13.7. The van der Waals surface area contributed by atoms with Gasteiger partial charge in [0.2, 0.25) is 5.88 Å². The largest absolute Gasteiger partial charge is 0.439 e. The minimum absolute atomic E-state index is 0.316. The Bertz CT molecular complexity index is 1250. The summed E-state index contributed by atoms with van der Waals surface area (Å²) in [6, 6.07) is 12.5. The van der Waals surface area contributed by atoms with Gasteiger partial charge in [0.1, 0.15) is 29.4 Å². The van der Waals surface area contributed by atoms with Gasteiger partial charge in [-0.3, -0.25) is 0 Å². The number of nitrogens with zero attached hydrogens (tertiary/aromatic N) is 4. The molecule has 0 atom stereocenters. The van der Waals surface area contributed by atoms with E-state index in [0.29, 0.717) is 23.1 Å². The Morgan fingerprint density at radius 1 is 0.969 bits per heavy atom. The molecule has 0 spiro atoms. The lowest BCUT2D eigenvalue weighted by molar-refractivity contribution is 0.262. The van der Waals surface area contributed by atoms with Gasteiger partial charge in [-0.1, -0.05) is 6.07 Å². The number of para-hydroxylation sites is 1. The van der Waals surface area contributed by atoms with Crippen LogP contribution in [0.2, 0.25) is 0 Å². The van der Waals surface area contributed by atoms with E-state index in [0.717, 1.165) is 23.5 Å². The first kappa shape index (κ1) is 20.9. The van der Waals surface area contributed by atoms with Gasteiger partial charge in [0.15, 0.2) is 5.82 Å². The summed E-state index contributed by atoms with van der Waals surface area (Å²) >= 11 is 0. The van der Waals surface area contributed by atoms with Gasteiger partial charge in [0.05, 0.1) is 5.69 Å². The number of rotatable bonds is 5. The van der Waals surface area contributed by atoms with Crippen LogP contribution in [-0.4, -0.2) is 25.8 Å². The molecule has 2 aromatic carbocycles. The molecular weight excluding hydrogens is 418 g/mol. The van der Waals surface area contributed by atoms with Crippen molar-refractivity contribution in [2.24, 2.45) is 0 Å². The van der Waals surface area contributed by atoms with E-state index in [4.69, 9.17) is 4.74 Å². The van der Waals surface area contributed by atoms with E-state index in [1.54, 1.807) is 35.0 Å². The van der Waals surface area contributed by atoms with Crippen LogP contribution >= 0.6 is 0 Å². The zero-order valence-electron chi connectivity index (χ0n) is 17.1. The summed E-state index contributed by atoms with van der Waals surface area (Å²) in [4.78, 5) is 20.4. The van der Waals surface area contributed by atoms with Gasteiger partial charge in [-0.05, 0) is 56.3 Å². The Morgan fingerprint density at radius 3 is 2.34 bits per heavy atom. The molecule has 0 radical (unpaired) electrons. The number of carbonyl (C=O) groups excluding carboxylic acids is 1. The molecule has 0 aliphatic carbocycles. The van der Waals surface area contributed by atoms with Crippen LogP contribution in [0.15, 0.2) is 60.9 Å². The number of ether oxygens (including phenoxy) is 1. The Kier molecular flexibility index (Phi) is 5.75. The lowest BCUT2D eigenvalue weighted by Gasteiger charge is -2.10. The van der Waals surface area contributed by atoms with Gasteiger partial charge in [0.25, 0.3) is 0 Å². The number of amides is 2. The summed E-state index contributed by atoms with van der Waals surface area (Å²) in [6.07, 6.45) is 1.38. The van der Waals surface area contributed by atoms with Crippen molar-refractivity contribution in [3.05, 3.63) is 83.9 Å². The molecule has 0 saturated heterocycles. The highest BCUT2D eigenvalue weighted by atomic mass is 19.1. The van der Waals surface area contributed by atoms with Gasteiger partial charge >= 0.3 is 6.03 Å². The Balaban J connectivity index is 1.41. The van der Waals surface area contributed by atoms with E-state index in [2.05, 4.69) is 25.7 Å². The van der Waals surface area contributed by atoms with Gasteiger partial charge in [-0.2, -0.15) is 5.10 Å². The summed E-state index contributed by atoms with van der Waals surface area (Å²) in [7, 11) is 0. The number of nitrogens with one attached hydrogen (secondary N) is 2. The predicted octanol–water partition coefficient (Wildman–Crippen LogP) is 4.99. The first-order valence-corrected chi connectivity index (χ1v) is 9.54. The highest BCUT2D eigenvalue weighted by Crippen LogP contribution is 2.23. The molecule has 10 heteroatoms. The van der Waals surface area contributed by atoms with Gasteiger partial charge in [-0.25, -0.2) is 28.2 Å². The van der Waals surface area contributed by atoms with Crippen molar-refractivity contribution in [1.82, 2.24) is 19.7 Å². The van der Waals surface area contributed by atoms with Gasteiger partial charge in [0, 0.05) is 17.4 Å². The SMILES string of the molecule is Cc1cc(C)n(-c2cc(Oc3ccc(NC(=O)Nc4c(F)cccc4F)cc3)ncn2)n1. The van der Waals surface area contributed by atoms with Crippen LogP contribution in [0.5, 0.6) is 11.6 Å². The topological polar surface area (TPSA) is 94.0 Å². The van der Waals surface area contributed by atoms with E-state index in [-0.39, 0.29) is 0 Å². The smallest absolute Gasteiger partial charge is 0.323 e. The van der Waals surface area contributed by atoms with Crippen LogP contribution in [-0.2, 0) is 0 Å². The van der Waals surface area contributed by atoms with Crippen LogP contribution in [0.3, 0.4) is 0 Å². The fraction of sp³-hybridized carbons (Fsp3) is 0.0909. The molecule has 0 fully saturated rings. The molecule has 0 saturated carbocycles. The Labute approximate surface area is 181 Å². The van der Waals surface area contributed by atoms with E-state index in [9.17, 15) is 13.6 Å². The Hall–Kier alpha value is -4.34. The van der Waals surface area contributed by atoms with Crippen molar-refractivity contribution in [3.63, 3.8) is 0 Å². The number of anilines is 2. The normalized spacial score (nSPS) is 10.6. The van der Waals surface area contributed by atoms with Crippen LogP contribution in [0, 0.1) is 25.5 Å². The molecule has 8 nitrogen and oxygen atoms in total. The third kappa shape index (κ3) is 4.69. The fourth-order valence-electron chi connectivity index (χ4n) is 2.98. The number of urea groups is 1. The lowest BCUT2D eigenvalue weighted by Crippen LogP contribution is -2.20. The van der Waals surface area contributed by atoms with Crippen molar-refractivity contribution >= 4 is 17.4 Å². The van der Waals surface area contributed by atoms with Gasteiger partial charge < -0.3 is 15.4 Å². The number of hydrogen-bond acceptors (Lipinski definition) is 5. The molecule has 0 unspecified atom stereocenters. The van der Waals surface area contributed by atoms with Crippen LogP contribution in [0.4, 0.5) is 25.0 Å². The van der Waals surface area contributed by atoms with Crippen molar-refractivity contribution in [2.75, 3.05) is 10.6 Å². The molecule has 2 heterocycles. The quantitative estimate of drug-likeness (QED) is 0.460. The molecule has 4 rings (SSSR count). The number of aryl methyl sites for hydroxylation is 2. The number of carbonyl (C=O) groups is 1. The second-order valence-corrected chi connectivity index (χ2v) is 6.86. The second-order valence-electron chi connectivity index (χ2n) is 6.86. The summed E-state index contributed by atoms with van der Waals surface area (Å²) in [5, 5.41) is 9.04. The molecular formula is C22H18F2N6O2. The molecule has 4 aromatic rings. The molecule has 32 heavy (non-hydrogen) atoms. The third-order valence-corrected chi connectivity index (χ3v) is 4.39. The molecule has 162 valence electrons. The van der Waals surface area contributed by atoms with Crippen molar-refractivity contribution in [1.29, 1.82) is 0 Å². The van der Waals surface area contributed by atoms with E-state index in [1.807, 2.05) is 19.9 Å². The van der Waals surface area contributed by atoms with Crippen molar-refractivity contribution < 1.29 is 18.3 Å². The van der Waals surface area contributed by atoms with Crippen molar-refractivity contribution in [3.8, 4) is 17.4 Å². The van der Waals surface area contributed by atoms with E-state index in [1.165, 1.54) is 12.4 Å². The zero-order chi connectivity index (χ0) is 22.7. The third-order valence-electron chi connectivity index (χ3n) is 4.39. The average molecular weight is 436 g/mol. The second kappa shape index (κ2) is 8.80. The van der Waals surface area contributed by atoms with Crippen LogP contribution in [0.1, 0.15) is 11.4 Å². The summed E-state index contributed by atoms with van der Waals surface area (Å²) in [5.74, 6) is -0.386. The zero-order valence-corrected chi connectivity index (χ0v) is 17.1. The lowest BCUT2D eigenvalue weighted by atomic mass is 10.3. The number of aromatic nitrogens is 4. The first-order chi connectivity index (χ1) is 15.4. The predicted molar refractivity (Wildman–Crippen MR) is 114 cm³/mol. The first-order valence-electron chi connectivity index (χ1n) is 9.54. The summed E-state index contributed by atoms with van der Waals surface area (Å²) < 4.78 is 34.8. The van der Waals surface area contributed by atoms with E-state index < -0.39 is 23.4 Å². The average Bonchev–Trinajstić information content (AvgIpc) is 3.10. The number of hydrogen-bond donors (Lipinski definition) is 2. The summed E-state index contributed by atoms with van der Waals surface area (Å²) in [6.45, 7) is 3.82. The molecule has 0 aliphatic rings. The highest BCUT2D eigenvalue weighted by Gasteiger charge is 2.12. The standard InChI is InChI=1S/C22H18F2N6O2/c1-13-10-14(2)30(29-13)19-11-20(26-12-25-19)32-16-8-6-15(7-9-16)27-22(31)28-21-17(23)4-3-5-18(21)24/h3-12H,1-2H3,(H2,27,28,31). The van der Waals surface area contributed by atoms with Gasteiger partial charge in [-0.15, -0.1) is 0 Å². The minimum Gasteiger partial charge on any atom is -0.439 e. The summed E-state index contributed by atoms with van der Waals surface area (Å²) in [5.41, 5.74) is 1.68. The number of halogens is 2. The maximum absolute atomic E-state index is 13.7. The molecule has 0 bridgehead atoms. The van der Waals surface area contributed by atoms with Crippen molar-refractivity contribution in [2.45, 2.75) is 13.8 Å². The monoisotopic (exact) mass is 436 g/mol. The number of benzene rings is 2. The van der Waals surface area contributed by atoms with Crippen LogP contribution < -0.4 is 15.4 Å². The Morgan fingerprint density at radius 2 is 1.69 bits per heavy atom. The molecule has 2 N–H and O–H groups in total. The fourth-order valence-corrected chi connectivity index (χ4v) is 2.98. The molecule has 0 aliphatic heterocycles. The van der Waals surface area contributed by atoms with Crippen LogP contribution in [0.25, 0.3) is 5.82 Å². The highest BCUT2D eigenvalue weighted by molar-refractivity contribution is 5.99. The maximum Gasteiger partial charge on any atom is 0.323 e. The minimum atomic E-state index is -0.867. The molecule has 2 aromatic heterocycles.